The third kappa shape index (κ3) is 4.89. The molecule has 1 amide bonds. The highest BCUT2D eigenvalue weighted by Gasteiger charge is 2.43. The fraction of sp³-hybridized carbons (Fsp3) is 0.579. The van der Waals surface area contributed by atoms with Gasteiger partial charge in [-0.05, 0) is 68.7 Å². The van der Waals surface area contributed by atoms with Crippen LogP contribution in [0.3, 0.4) is 0 Å². The molecule has 1 N–H and O–H groups in total. The van der Waals surface area contributed by atoms with Crippen molar-refractivity contribution in [2.45, 2.75) is 58.4 Å². The van der Waals surface area contributed by atoms with Gasteiger partial charge in [-0.15, -0.1) is 0 Å². The summed E-state index contributed by atoms with van der Waals surface area (Å²) in [4.78, 5) is 25.2. The third-order valence-electron chi connectivity index (χ3n) is 4.89. The molecule has 2 rings (SSSR count). The molecule has 0 spiro atoms. The molecule has 4 nitrogen and oxygen atoms in total. The van der Waals surface area contributed by atoms with Crippen LogP contribution >= 0.6 is 23.2 Å². The Hall–Kier alpha value is -1.26. The van der Waals surface area contributed by atoms with E-state index in [1.54, 1.807) is 19.1 Å². The Morgan fingerprint density at radius 3 is 2.48 bits per heavy atom. The van der Waals surface area contributed by atoms with Crippen LogP contribution < -0.4 is 5.32 Å². The fourth-order valence-corrected chi connectivity index (χ4v) is 3.99. The smallest absolute Gasteiger partial charge is 0.331 e. The maximum atomic E-state index is 12.7. The molecule has 0 heterocycles. The average molecular weight is 386 g/mol. The maximum Gasteiger partial charge on any atom is 0.331 e. The number of nitrogens with one attached hydrogen (secondary N) is 1. The van der Waals surface area contributed by atoms with Crippen LogP contribution in [-0.4, -0.2) is 24.0 Å². The molecule has 1 fully saturated rings. The zero-order valence-corrected chi connectivity index (χ0v) is 16.5. The van der Waals surface area contributed by atoms with Crippen LogP contribution in [0.25, 0.3) is 0 Å². The lowest BCUT2D eigenvalue weighted by Crippen LogP contribution is -2.57. The topological polar surface area (TPSA) is 55.4 Å². The van der Waals surface area contributed by atoms with Crippen molar-refractivity contribution in [3.63, 3.8) is 0 Å². The molecule has 6 heteroatoms. The van der Waals surface area contributed by atoms with Gasteiger partial charge in [0, 0.05) is 10.0 Å². The molecule has 0 atom stereocenters. The minimum absolute atomic E-state index is 0.110. The van der Waals surface area contributed by atoms with E-state index in [0.717, 1.165) is 24.0 Å². The number of carbonyl (C=O) groups excluding carboxylic acids is 2. The Balaban J connectivity index is 2.16. The number of hydrogen-bond donors (Lipinski definition) is 1. The van der Waals surface area contributed by atoms with Crippen molar-refractivity contribution in [2.75, 3.05) is 6.61 Å². The number of aryl methyl sites for hydroxylation is 1. The Kier molecular flexibility index (Phi) is 6.75. The maximum absolute atomic E-state index is 12.7. The highest BCUT2D eigenvalue weighted by molar-refractivity contribution is 6.35. The van der Waals surface area contributed by atoms with Crippen LogP contribution in [0.5, 0.6) is 0 Å². The zero-order valence-electron chi connectivity index (χ0n) is 15.0. The summed E-state index contributed by atoms with van der Waals surface area (Å²) < 4.78 is 5.24. The van der Waals surface area contributed by atoms with Gasteiger partial charge >= 0.3 is 5.97 Å². The summed E-state index contributed by atoms with van der Waals surface area (Å²) in [6, 6.07) is 3.40. The Bertz CT molecular complexity index is 629. The minimum atomic E-state index is -0.924. The number of halogens is 2. The first-order chi connectivity index (χ1) is 11.8. The Morgan fingerprint density at radius 1 is 1.28 bits per heavy atom. The lowest BCUT2D eigenvalue weighted by molar-refractivity contribution is -0.155. The molecule has 0 unspecified atom stereocenters. The molecular weight excluding hydrogens is 361 g/mol. The summed E-state index contributed by atoms with van der Waals surface area (Å²) in [5.41, 5.74) is 0.661. The lowest BCUT2D eigenvalue weighted by atomic mass is 9.77. The van der Waals surface area contributed by atoms with Gasteiger partial charge in [-0.25, -0.2) is 4.79 Å². The third-order valence-corrected chi connectivity index (χ3v) is 5.45. The van der Waals surface area contributed by atoms with Gasteiger partial charge in [0.25, 0.3) is 0 Å². The first kappa shape index (κ1) is 20.1. The molecule has 0 bridgehead atoms. The van der Waals surface area contributed by atoms with Gasteiger partial charge in [0.2, 0.25) is 5.91 Å². The standard InChI is InChI=1S/C19H25Cl2NO3/c1-4-25-18(24)19(7-5-12(2)6-8-19)22-17(23)11-15-13(3)9-14(20)10-16(15)21/h9-10,12H,4-8,11H2,1-3H3,(H,22,23). The minimum Gasteiger partial charge on any atom is -0.464 e. The van der Waals surface area contributed by atoms with Gasteiger partial charge in [-0.2, -0.15) is 0 Å². The van der Waals surface area contributed by atoms with Crippen molar-refractivity contribution < 1.29 is 14.3 Å². The molecular formula is C19H25Cl2NO3. The summed E-state index contributed by atoms with van der Waals surface area (Å²) in [6.07, 6.45) is 3.09. The molecule has 1 saturated carbocycles. The predicted molar refractivity (Wildman–Crippen MR) is 100 cm³/mol. The van der Waals surface area contributed by atoms with Crippen molar-refractivity contribution in [3.8, 4) is 0 Å². The largest absolute Gasteiger partial charge is 0.464 e. The highest BCUT2D eigenvalue weighted by atomic mass is 35.5. The fourth-order valence-electron chi connectivity index (χ4n) is 3.33. The van der Waals surface area contributed by atoms with E-state index in [1.807, 2.05) is 6.92 Å². The first-order valence-electron chi connectivity index (χ1n) is 8.70. The number of rotatable bonds is 5. The quantitative estimate of drug-likeness (QED) is 0.760. The first-order valence-corrected chi connectivity index (χ1v) is 9.45. The summed E-state index contributed by atoms with van der Waals surface area (Å²) in [6.45, 7) is 6.10. The van der Waals surface area contributed by atoms with E-state index in [0.29, 0.717) is 35.4 Å². The molecule has 0 aromatic heterocycles. The van der Waals surface area contributed by atoms with Gasteiger partial charge in [0.05, 0.1) is 13.0 Å². The van der Waals surface area contributed by atoms with E-state index >= 15 is 0 Å². The van der Waals surface area contributed by atoms with Crippen molar-refractivity contribution in [1.82, 2.24) is 5.32 Å². The van der Waals surface area contributed by atoms with E-state index in [1.165, 1.54) is 0 Å². The van der Waals surface area contributed by atoms with Crippen molar-refractivity contribution >= 4 is 35.1 Å². The molecule has 0 radical (unpaired) electrons. The van der Waals surface area contributed by atoms with Gasteiger partial charge in [0.15, 0.2) is 0 Å². The van der Waals surface area contributed by atoms with Crippen LogP contribution in [0.15, 0.2) is 12.1 Å². The lowest BCUT2D eigenvalue weighted by Gasteiger charge is -2.37. The molecule has 1 aromatic carbocycles. The van der Waals surface area contributed by atoms with E-state index < -0.39 is 5.54 Å². The second-order valence-corrected chi connectivity index (χ2v) is 7.74. The number of hydrogen-bond acceptors (Lipinski definition) is 3. The van der Waals surface area contributed by atoms with Crippen LogP contribution in [0.4, 0.5) is 0 Å². The van der Waals surface area contributed by atoms with E-state index in [2.05, 4.69) is 12.2 Å². The summed E-state index contributed by atoms with van der Waals surface area (Å²) in [5.74, 6) is -0.0171. The second kappa shape index (κ2) is 8.41. The molecule has 1 aliphatic rings. The highest BCUT2D eigenvalue weighted by Crippen LogP contribution is 2.33. The number of esters is 1. The molecule has 1 aliphatic carbocycles. The monoisotopic (exact) mass is 385 g/mol. The van der Waals surface area contributed by atoms with Crippen LogP contribution in [0.2, 0.25) is 10.0 Å². The van der Waals surface area contributed by atoms with Crippen LogP contribution in [0.1, 0.15) is 50.7 Å². The Labute approximate surface area is 159 Å². The summed E-state index contributed by atoms with van der Waals surface area (Å²) in [7, 11) is 0. The average Bonchev–Trinajstić information content (AvgIpc) is 2.53. The Morgan fingerprint density at radius 2 is 1.92 bits per heavy atom. The number of ether oxygens (including phenoxy) is 1. The van der Waals surface area contributed by atoms with E-state index in [-0.39, 0.29) is 18.3 Å². The van der Waals surface area contributed by atoms with Gasteiger partial charge in [-0.1, -0.05) is 30.1 Å². The van der Waals surface area contributed by atoms with Crippen LogP contribution in [-0.2, 0) is 20.7 Å². The van der Waals surface area contributed by atoms with Crippen molar-refractivity contribution in [2.24, 2.45) is 5.92 Å². The van der Waals surface area contributed by atoms with Crippen molar-refractivity contribution in [3.05, 3.63) is 33.3 Å². The van der Waals surface area contributed by atoms with E-state index in [4.69, 9.17) is 27.9 Å². The number of benzene rings is 1. The molecule has 25 heavy (non-hydrogen) atoms. The summed E-state index contributed by atoms with van der Waals surface area (Å²) >= 11 is 12.2. The predicted octanol–water partition coefficient (Wildman–Crippen LogP) is 4.47. The van der Waals surface area contributed by atoms with Crippen LogP contribution in [0, 0.1) is 12.8 Å². The van der Waals surface area contributed by atoms with Gasteiger partial charge in [-0.3, -0.25) is 4.79 Å². The molecule has 138 valence electrons. The normalized spacial score (nSPS) is 23.2. The van der Waals surface area contributed by atoms with Gasteiger partial charge in [0.1, 0.15) is 5.54 Å². The number of amides is 1. The van der Waals surface area contributed by atoms with Gasteiger partial charge < -0.3 is 10.1 Å². The zero-order chi connectivity index (χ0) is 18.6. The van der Waals surface area contributed by atoms with Crippen molar-refractivity contribution in [1.29, 1.82) is 0 Å². The molecule has 0 saturated heterocycles. The molecule has 1 aromatic rings. The SMILES string of the molecule is CCOC(=O)C1(NC(=O)Cc2c(C)cc(Cl)cc2Cl)CCC(C)CC1. The van der Waals surface area contributed by atoms with E-state index in [9.17, 15) is 9.59 Å². The number of carbonyl (C=O) groups is 2. The summed E-state index contributed by atoms with van der Waals surface area (Å²) in [5, 5.41) is 3.95. The molecule has 0 aliphatic heterocycles. The second-order valence-electron chi connectivity index (χ2n) is 6.89.